The van der Waals surface area contributed by atoms with Crippen LogP contribution in [0.15, 0.2) is 0 Å². The van der Waals surface area contributed by atoms with Gasteiger partial charge in [0.1, 0.15) is 0 Å². The number of nitrogens with zero attached hydrogens (tertiary/aromatic N) is 1. The normalized spacial score (nSPS) is 21.7. The zero-order valence-corrected chi connectivity index (χ0v) is 8.58. The minimum absolute atomic E-state index is 0.484. The largest absolute Gasteiger partial charge is 0.385 e. The molecule has 0 radical (unpaired) electrons. The molecule has 0 bridgehead atoms. The molecule has 0 aliphatic carbocycles. The monoisotopic (exact) mass is 188 g/mol. The molecule has 0 amide bonds. The summed E-state index contributed by atoms with van der Waals surface area (Å²) in [5.74, 6) is 0. The highest BCUT2D eigenvalue weighted by atomic mass is 16.5. The first-order chi connectivity index (χ1) is 6.33. The second-order valence-electron chi connectivity index (χ2n) is 3.41. The number of nitrogens with one attached hydrogen (secondary N) is 1. The molecular formula is C9H20N2O2. The summed E-state index contributed by atoms with van der Waals surface area (Å²) in [6.45, 7) is 6.63. The average molecular weight is 188 g/mol. The van der Waals surface area contributed by atoms with Gasteiger partial charge in [0.2, 0.25) is 0 Å². The minimum Gasteiger partial charge on any atom is -0.385 e. The van der Waals surface area contributed by atoms with E-state index in [4.69, 9.17) is 9.47 Å². The van der Waals surface area contributed by atoms with Crippen molar-refractivity contribution >= 4 is 0 Å². The van der Waals surface area contributed by atoms with Crippen molar-refractivity contribution in [3.05, 3.63) is 0 Å². The maximum Gasteiger partial charge on any atom is 0.0608 e. The third-order valence-electron chi connectivity index (χ3n) is 2.17. The quantitative estimate of drug-likeness (QED) is 0.670. The third kappa shape index (κ3) is 4.57. The topological polar surface area (TPSA) is 33.7 Å². The van der Waals surface area contributed by atoms with E-state index < -0.39 is 0 Å². The van der Waals surface area contributed by atoms with Gasteiger partial charge in [-0.15, -0.1) is 0 Å². The fraction of sp³-hybridized carbons (Fsp3) is 1.00. The summed E-state index contributed by atoms with van der Waals surface area (Å²) >= 11 is 0. The van der Waals surface area contributed by atoms with Crippen molar-refractivity contribution in [2.75, 3.05) is 40.0 Å². The van der Waals surface area contributed by atoms with Crippen LogP contribution in [0.4, 0.5) is 0 Å². The van der Waals surface area contributed by atoms with Crippen molar-refractivity contribution in [3.63, 3.8) is 0 Å². The van der Waals surface area contributed by atoms with E-state index in [2.05, 4.69) is 17.4 Å². The van der Waals surface area contributed by atoms with E-state index in [1.807, 2.05) is 0 Å². The minimum atomic E-state index is 0.484. The molecule has 0 aromatic carbocycles. The molecule has 1 heterocycles. The Morgan fingerprint density at radius 2 is 2.15 bits per heavy atom. The van der Waals surface area contributed by atoms with Gasteiger partial charge in [-0.05, 0) is 13.3 Å². The number of hydrogen-bond donors (Lipinski definition) is 1. The lowest BCUT2D eigenvalue weighted by Gasteiger charge is -2.30. The zero-order valence-electron chi connectivity index (χ0n) is 8.58. The van der Waals surface area contributed by atoms with Crippen LogP contribution in [0.2, 0.25) is 0 Å². The summed E-state index contributed by atoms with van der Waals surface area (Å²) in [5, 5.41) is 2.23. The van der Waals surface area contributed by atoms with Crippen LogP contribution in [0, 0.1) is 0 Å². The molecular weight excluding hydrogens is 168 g/mol. The van der Waals surface area contributed by atoms with Gasteiger partial charge in [0.25, 0.3) is 0 Å². The molecule has 1 saturated heterocycles. The second kappa shape index (κ2) is 6.32. The highest BCUT2D eigenvalue weighted by Gasteiger charge is 2.12. The Morgan fingerprint density at radius 1 is 1.46 bits per heavy atom. The third-order valence-corrected chi connectivity index (χ3v) is 2.17. The molecule has 1 aliphatic rings. The molecule has 4 heteroatoms. The molecule has 0 aromatic heterocycles. The molecule has 1 aliphatic heterocycles. The maximum absolute atomic E-state index is 5.26. The van der Waals surface area contributed by atoms with E-state index in [-0.39, 0.29) is 0 Å². The van der Waals surface area contributed by atoms with Crippen LogP contribution >= 0.6 is 0 Å². The van der Waals surface area contributed by atoms with E-state index in [0.717, 1.165) is 39.3 Å². The number of ether oxygens (including phenoxy) is 2. The van der Waals surface area contributed by atoms with Crippen molar-refractivity contribution in [2.24, 2.45) is 0 Å². The van der Waals surface area contributed by atoms with Gasteiger partial charge in [-0.3, -0.25) is 5.43 Å². The zero-order chi connectivity index (χ0) is 9.52. The lowest BCUT2D eigenvalue weighted by atomic mass is 10.2. The summed E-state index contributed by atoms with van der Waals surface area (Å²) in [6.07, 6.45) is 1.05. The summed E-state index contributed by atoms with van der Waals surface area (Å²) in [5.41, 5.74) is 3.43. The molecule has 0 aromatic rings. The Balaban J connectivity index is 2.07. The Morgan fingerprint density at radius 3 is 2.77 bits per heavy atom. The number of hydrazine groups is 1. The maximum atomic E-state index is 5.26. The molecule has 1 N–H and O–H groups in total. The average Bonchev–Trinajstić information content (AvgIpc) is 2.16. The molecule has 4 nitrogen and oxygen atoms in total. The fourth-order valence-corrected chi connectivity index (χ4v) is 1.36. The number of morpholine rings is 1. The fourth-order valence-electron chi connectivity index (χ4n) is 1.36. The predicted molar refractivity (Wildman–Crippen MR) is 51.5 cm³/mol. The van der Waals surface area contributed by atoms with Crippen molar-refractivity contribution < 1.29 is 9.47 Å². The van der Waals surface area contributed by atoms with Crippen molar-refractivity contribution in [1.29, 1.82) is 0 Å². The summed E-state index contributed by atoms with van der Waals surface area (Å²) in [4.78, 5) is 0. The Bertz CT molecular complexity index is 127. The van der Waals surface area contributed by atoms with Gasteiger partial charge in [-0.2, -0.15) is 0 Å². The van der Waals surface area contributed by atoms with E-state index in [9.17, 15) is 0 Å². The lowest BCUT2D eigenvalue weighted by molar-refractivity contribution is 0.00261. The molecule has 13 heavy (non-hydrogen) atoms. The first kappa shape index (κ1) is 10.9. The van der Waals surface area contributed by atoms with E-state index >= 15 is 0 Å². The predicted octanol–water partition coefficient (Wildman–Crippen LogP) is 0.248. The summed E-state index contributed by atoms with van der Waals surface area (Å²) in [7, 11) is 1.74. The van der Waals surface area contributed by atoms with Crippen LogP contribution in [-0.4, -0.2) is 51.1 Å². The highest BCUT2D eigenvalue weighted by molar-refractivity contribution is 4.62. The van der Waals surface area contributed by atoms with Crippen LogP contribution in [0.25, 0.3) is 0 Å². The van der Waals surface area contributed by atoms with Crippen molar-refractivity contribution in [3.8, 4) is 0 Å². The van der Waals surface area contributed by atoms with Crippen LogP contribution in [-0.2, 0) is 9.47 Å². The molecule has 78 valence electrons. The van der Waals surface area contributed by atoms with E-state index in [1.54, 1.807) is 7.11 Å². The first-order valence-electron chi connectivity index (χ1n) is 4.90. The van der Waals surface area contributed by atoms with Crippen LogP contribution in [0.5, 0.6) is 0 Å². The van der Waals surface area contributed by atoms with Crippen LogP contribution in [0.3, 0.4) is 0 Å². The lowest BCUT2D eigenvalue weighted by Crippen LogP contribution is -2.49. The van der Waals surface area contributed by atoms with Crippen molar-refractivity contribution in [2.45, 2.75) is 19.4 Å². The van der Waals surface area contributed by atoms with Crippen molar-refractivity contribution in [1.82, 2.24) is 10.4 Å². The molecule has 1 fully saturated rings. The Hall–Kier alpha value is -0.160. The van der Waals surface area contributed by atoms with Gasteiger partial charge in [0, 0.05) is 32.8 Å². The second-order valence-corrected chi connectivity index (χ2v) is 3.41. The SMILES string of the molecule is COCCC(C)NN1CCOCC1. The number of rotatable bonds is 5. The Kier molecular flexibility index (Phi) is 5.31. The van der Waals surface area contributed by atoms with Crippen LogP contribution < -0.4 is 5.43 Å². The number of hydrogen-bond acceptors (Lipinski definition) is 4. The van der Waals surface area contributed by atoms with Gasteiger partial charge >= 0.3 is 0 Å². The standard InChI is InChI=1S/C9H20N2O2/c1-9(3-6-12-2)10-11-4-7-13-8-5-11/h9-10H,3-8H2,1-2H3. The van der Waals surface area contributed by atoms with E-state index in [1.165, 1.54) is 0 Å². The molecule has 1 rings (SSSR count). The number of methoxy groups -OCH3 is 1. The molecule has 1 atom stereocenters. The molecule has 0 spiro atoms. The highest BCUT2D eigenvalue weighted by Crippen LogP contribution is 1.97. The smallest absolute Gasteiger partial charge is 0.0608 e. The molecule has 1 unspecified atom stereocenters. The van der Waals surface area contributed by atoms with Gasteiger partial charge in [0.15, 0.2) is 0 Å². The summed E-state index contributed by atoms with van der Waals surface area (Å²) in [6, 6.07) is 0.484. The first-order valence-corrected chi connectivity index (χ1v) is 4.90. The molecule has 0 saturated carbocycles. The van der Waals surface area contributed by atoms with Gasteiger partial charge in [-0.25, -0.2) is 5.01 Å². The van der Waals surface area contributed by atoms with Gasteiger partial charge in [-0.1, -0.05) is 0 Å². The summed E-state index contributed by atoms with van der Waals surface area (Å²) < 4.78 is 10.3. The van der Waals surface area contributed by atoms with Crippen LogP contribution in [0.1, 0.15) is 13.3 Å². The van der Waals surface area contributed by atoms with Gasteiger partial charge < -0.3 is 9.47 Å². The van der Waals surface area contributed by atoms with E-state index in [0.29, 0.717) is 6.04 Å². The van der Waals surface area contributed by atoms with Gasteiger partial charge in [0.05, 0.1) is 13.2 Å². The Labute approximate surface area is 80.2 Å².